The highest BCUT2D eigenvalue weighted by Crippen LogP contribution is 2.30. The molecule has 0 aliphatic rings. The largest absolute Gasteiger partial charge is 0.303 e. The van der Waals surface area contributed by atoms with Crippen molar-refractivity contribution in [2.24, 2.45) is 23.2 Å². The van der Waals surface area contributed by atoms with Crippen LogP contribution in [0.15, 0.2) is 0 Å². The van der Waals surface area contributed by atoms with Gasteiger partial charge in [-0.2, -0.15) is 0 Å². The third kappa shape index (κ3) is 6.17. The standard InChI is InChI=1S/C13H26O/c1-10(9-14)7-11(2)12(3)8-13(4,5)6/h9-12H,7-8H2,1-6H3. The topological polar surface area (TPSA) is 17.1 Å². The lowest BCUT2D eigenvalue weighted by molar-refractivity contribution is -0.111. The Morgan fingerprint density at radius 1 is 1.07 bits per heavy atom. The molecule has 0 fully saturated rings. The maximum absolute atomic E-state index is 10.5. The van der Waals surface area contributed by atoms with Gasteiger partial charge in [-0.25, -0.2) is 0 Å². The van der Waals surface area contributed by atoms with Crippen molar-refractivity contribution in [3.05, 3.63) is 0 Å². The van der Waals surface area contributed by atoms with Crippen LogP contribution in [-0.2, 0) is 4.79 Å². The predicted octanol–water partition coefficient (Wildman–Crippen LogP) is 3.92. The molecule has 0 amide bonds. The van der Waals surface area contributed by atoms with Gasteiger partial charge in [0.1, 0.15) is 6.29 Å². The lowest BCUT2D eigenvalue weighted by Crippen LogP contribution is -2.18. The average Bonchev–Trinajstić information content (AvgIpc) is 2.00. The van der Waals surface area contributed by atoms with Crippen LogP contribution in [0.4, 0.5) is 0 Å². The molecule has 0 aromatic rings. The van der Waals surface area contributed by atoms with E-state index in [4.69, 9.17) is 0 Å². The minimum Gasteiger partial charge on any atom is -0.303 e. The first kappa shape index (κ1) is 13.7. The first-order chi connectivity index (χ1) is 6.26. The summed E-state index contributed by atoms with van der Waals surface area (Å²) in [5.74, 6) is 1.57. The molecule has 14 heavy (non-hydrogen) atoms. The highest BCUT2D eigenvalue weighted by atomic mass is 16.1. The quantitative estimate of drug-likeness (QED) is 0.612. The van der Waals surface area contributed by atoms with Gasteiger partial charge in [-0.1, -0.05) is 41.5 Å². The van der Waals surface area contributed by atoms with E-state index < -0.39 is 0 Å². The second-order valence-corrected chi connectivity index (χ2v) is 6.07. The summed E-state index contributed by atoms with van der Waals surface area (Å²) in [6.07, 6.45) is 3.33. The zero-order valence-electron chi connectivity index (χ0n) is 10.6. The highest BCUT2D eigenvalue weighted by Gasteiger charge is 2.21. The minimum atomic E-state index is 0.215. The summed E-state index contributed by atoms with van der Waals surface area (Å²) < 4.78 is 0. The number of carbonyl (C=O) groups is 1. The SMILES string of the molecule is CC(C=O)CC(C)C(C)CC(C)(C)C. The van der Waals surface area contributed by atoms with Crippen LogP contribution in [0.25, 0.3) is 0 Å². The van der Waals surface area contributed by atoms with Crippen LogP contribution >= 0.6 is 0 Å². The van der Waals surface area contributed by atoms with Gasteiger partial charge in [0, 0.05) is 5.92 Å². The third-order valence-corrected chi connectivity index (χ3v) is 2.88. The molecule has 0 radical (unpaired) electrons. The maximum Gasteiger partial charge on any atom is 0.122 e. The van der Waals surface area contributed by atoms with Gasteiger partial charge in [-0.15, -0.1) is 0 Å². The van der Waals surface area contributed by atoms with E-state index in [1.165, 1.54) is 6.42 Å². The molecule has 0 saturated heterocycles. The molecular formula is C13H26O. The Hall–Kier alpha value is -0.330. The van der Waals surface area contributed by atoms with Gasteiger partial charge >= 0.3 is 0 Å². The summed E-state index contributed by atoms with van der Waals surface area (Å²) in [5, 5.41) is 0. The number of hydrogen-bond acceptors (Lipinski definition) is 1. The van der Waals surface area contributed by atoms with Crippen molar-refractivity contribution in [3.8, 4) is 0 Å². The Morgan fingerprint density at radius 2 is 1.57 bits per heavy atom. The van der Waals surface area contributed by atoms with Crippen molar-refractivity contribution in [2.75, 3.05) is 0 Å². The zero-order chi connectivity index (χ0) is 11.4. The van der Waals surface area contributed by atoms with E-state index in [9.17, 15) is 4.79 Å². The number of carbonyl (C=O) groups excluding carboxylic acids is 1. The molecule has 0 heterocycles. The van der Waals surface area contributed by atoms with Gasteiger partial charge in [-0.3, -0.25) is 0 Å². The Morgan fingerprint density at radius 3 is 1.93 bits per heavy atom. The molecule has 0 aliphatic heterocycles. The van der Waals surface area contributed by atoms with Crippen molar-refractivity contribution in [1.29, 1.82) is 0 Å². The zero-order valence-corrected chi connectivity index (χ0v) is 10.6. The average molecular weight is 198 g/mol. The molecule has 1 nitrogen and oxygen atoms in total. The molecule has 0 rings (SSSR count). The molecule has 1 heteroatoms. The number of aldehydes is 1. The fraction of sp³-hybridized carbons (Fsp3) is 0.923. The van der Waals surface area contributed by atoms with Crippen molar-refractivity contribution >= 4 is 6.29 Å². The van der Waals surface area contributed by atoms with E-state index in [0.29, 0.717) is 17.3 Å². The van der Waals surface area contributed by atoms with E-state index in [0.717, 1.165) is 12.7 Å². The van der Waals surface area contributed by atoms with Crippen molar-refractivity contribution in [1.82, 2.24) is 0 Å². The number of rotatable bonds is 5. The van der Waals surface area contributed by atoms with E-state index in [1.54, 1.807) is 0 Å². The fourth-order valence-corrected chi connectivity index (χ4v) is 2.04. The molecule has 0 bridgehead atoms. The van der Waals surface area contributed by atoms with Crippen LogP contribution in [0.5, 0.6) is 0 Å². The summed E-state index contributed by atoms with van der Waals surface area (Å²) in [5.41, 5.74) is 0.401. The van der Waals surface area contributed by atoms with Gasteiger partial charge in [0.05, 0.1) is 0 Å². The molecule has 84 valence electrons. The van der Waals surface area contributed by atoms with Gasteiger partial charge in [0.25, 0.3) is 0 Å². The van der Waals surface area contributed by atoms with Crippen LogP contribution in [0.1, 0.15) is 54.4 Å². The monoisotopic (exact) mass is 198 g/mol. The second-order valence-electron chi connectivity index (χ2n) is 6.07. The van der Waals surface area contributed by atoms with Crippen molar-refractivity contribution < 1.29 is 4.79 Å². The fourth-order valence-electron chi connectivity index (χ4n) is 2.04. The molecule has 0 N–H and O–H groups in total. The Kier molecular flexibility index (Phi) is 5.40. The van der Waals surface area contributed by atoms with Crippen LogP contribution in [-0.4, -0.2) is 6.29 Å². The Balaban J connectivity index is 3.99. The number of hydrogen-bond donors (Lipinski definition) is 0. The van der Waals surface area contributed by atoms with E-state index >= 15 is 0 Å². The van der Waals surface area contributed by atoms with Crippen molar-refractivity contribution in [3.63, 3.8) is 0 Å². The smallest absolute Gasteiger partial charge is 0.122 e. The highest BCUT2D eigenvalue weighted by molar-refractivity contribution is 5.52. The van der Waals surface area contributed by atoms with Crippen molar-refractivity contribution in [2.45, 2.75) is 54.4 Å². The molecule has 0 aromatic carbocycles. The van der Waals surface area contributed by atoms with E-state index in [1.807, 2.05) is 6.92 Å². The Bertz CT molecular complexity index is 167. The van der Waals surface area contributed by atoms with Crippen LogP contribution in [0.3, 0.4) is 0 Å². The van der Waals surface area contributed by atoms with Gasteiger partial charge in [0.2, 0.25) is 0 Å². The lowest BCUT2D eigenvalue weighted by Gasteiger charge is -2.28. The van der Waals surface area contributed by atoms with Gasteiger partial charge < -0.3 is 4.79 Å². The summed E-state index contributed by atoms with van der Waals surface area (Å²) >= 11 is 0. The van der Waals surface area contributed by atoms with E-state index in [2.05, 4.69) is 34.6 Å². The molecular weight excluding hydrogens is 172 g/mol. The first-order valence-electron chi connectivity index (χ1n) is 5.71. The molecule has 3 unspecified atom stereocenters. The summed E-state index contributed by atoms with van der Waals surface area (Å²) in [7, 11) is 0. The summed E-state index contributed by atoms with van der Waals surface area (Å²) in [6, 6.07) is 0. The van der Waals surface area contributed by atoms with E-state index in [-0.39, 0.29) is 5.92 Å². The predicted molar refractivity (Wildman–Crippen MR) is 62.2 cm³/mol. The van der Waals surface area contributed by atoms with Gasteiger partial charge in [-0.05, 0) is 30.1 Å². The second kappa shape index (κ2) is 5.53. The van der Waals surface area contributed by atoms with Crippen LogP contribution in [0.2, 0.25) is 0 Å². The summed E-state index contributed by atoms with van der Waals surface area (Å²) in [4.78, 5) is 10.5. The van der Waals surface area contributed by atoms with Crippen LogP contribution < -0.4 is 0 Å². The molecule has 3 atom stereocenters. The lowest BCUT2D eigenvalue weighted by atomic mass is 9.78. The normalized spacial score (nSPS) is 18.7. The Labute approximate surface area is 89.3 Å². The minimum absolute atomic E-state index is 0.215. The third-order valence-electron chi connectivity index (χ3n) is 2.88. The van der Waals surface area contributed by atoms with Gasteiger partial charge in [0.15, 0.2) is 0 Å². The first-order valence-corrected chi connectivity index (χ1v) is 5.71. The maximum atomic E-state index is 10.5. The van der Waals surface area contributed by atoms with Crippen LogP contribution in [0, 0.1) is 23.2 Å². The molecule has 0 aliphatic carbocycles. The summed E-state index contributed by atoms with van der Waals surface area (Å²) in [6.45, 7) is 13.4. The molecule has 0 saturated carbocycles. The molecule has 0 spiro atoms. The molecule has 0 aromatic heterocycles.